The summed E-state index contributed by atoms with van der Waals surface area (Å²) < 4.78 is 0. The third-order valence-corrected chi connectivity index (χ3v) is 2.12. The van der Waals surface area contributed by atoms with Crippen LogP contribution in [0.4, 0.5) is 0 Å². The van der Waals surface area contributed by atoms with Crippen molar-refractivity contribution in [1.29, 1.82) is 0 Å². The van der Waals surface area contributed by atoms with Gasteiger partial charge in [0.25, 0.3) is 0 Å². The van der Waals surface area contributed by atoms with Gasteiger partial charge in [-0.25, -0.2) is 4.98 Å². The molecule has 2 aromatic rings. The van der Waals surface area contributed by atoms with Crippen LogP contribution in [0.15, 0.2) is 12.3 Å². The van der Waals surface area contributed by atoms with Gasteiger partial charge >= 0.3 is 0 Å². The molecule has 0 aromatic carbocycles. The summed E-state index contributed by atoms with van der Waals surface area (Å²) in [5.74, 6) is 0.494. The average Bonchev–Trinajstić information content (AvgIpc) is 2.47. The number of alkyl halides is 1. The van der Waals surface area contributed by atoms with Gasteiger partial charge in [0.1, 0.15) is 0 Å². The first kappa shape index (κ1) is 7.55. The third-order valence-electron chi connectivity index (χ3n) is 1.81. The van der Waals surface area contributed by atoms with Crippen LogP contribution in [-0.2, 0) is 5.88 Å². The Labute approximate surface area is 74.8 Å². The van der Waals surface area contributed by atoms with Gasteiger partial charge in [-0.2, -0.15) is 5.10 Å². The van der Waals surface area contributed by atoms with E-state index >= 15 is 0 Å². The average molecular weight is 182 g/mol. The molecule has 0 aliphatic carbocycles. The molecule has 0 unspecified atom stereocenters. The van der Waals surface area contributed by atoms with Gasteiger partial charge in [-0.3, -0.25) is 5.10 Å². The molecule has 0 radical (unpaired) electrons. The number of nitrogens with zero attached hydrogens (tertiary/aromatic N) is 2. The first-order valence-electron chi connectivity index (χ1n) is 3.67. The Morgan fingerprint density at radius 1 is 1.58 bits per heavy atom. The van der Waals surface area contributed by atoms with E-state index in [2.05, 4.69) is 15.2 Å². The molecule has 0 aliphatic rings. The van der Waals surface area contributed by atoms with Gasteiger partial charge in [0.05, 0.1) is 0 Å². The standard InChI is InChI=1S/C8H8ClN3/c1-5-7-2-6(3-9)4-10-8(7)12-11-5/h2,4H,3H2,1H3,(H,10,11,12). The van der Waals surface area contributed by atoms with Crippen molar-refractivity contribution in [3.8, 4) is 0 Å². The number of hydrogen-bond donors (Lipinski definition) is 1. The van der Waals surface area contributed by atoms with Crippen molar-refractivity contribution in [3.05, 3.63) is 23.5 Å². The number of aryl methyl sites for hydroxylation is 1. The molecule has 4 heteroatoms. The maximum Gasteiger partial charge on any atom is 0.181 e. The molecule has 3 nitrogen and oxygen atoms in total. The molecular weight excluding hydrogens is 174 g/mol. The summed E-state index contributed by atoms with van der Waals surface area (Å²) in [4.78, 5) is 4.15. The fourth-order valence-electron chi connectivity index (χ4n) is 1.14. The Bertz CT molecular complexity index is 408. The van der Waals surface area contributed by atoms with Crippen LogP contribution in [0.1, 0.15) is 11.3 Å². The van der Waals surface area contributed by atoms with Crippen LogP contribution in [0.5, 0.6) is 0 Å². The largest absolute Gasteiger partial charge is 0.280 e. The summed E-state index contributed by atoms with van der Waals surface area (Å²) in [6, 6.07) is 2.01. The van der Waals surface area contributed by atoms with E-state index in [9.17, 15) is 0 Å². The molecule has 1 N–H and O–H groups in total. The van der Waals surface area contributed by atoms with Crippen molar-refractivity contribution in [2.75, 3.05) is 0 Å². The minimum absolute atomic E-state index is 0.494. The Balaban J connectivity index is 2.71. The Kier molecular flexibility index (Phi) is 1.73. The molecule has 0 fully saturated rings. The van der Waals surface area contributed by atoms with Gasteiger partial charge < -0.3 is 0 Å². The molecule has 2 heterocycles. The summed E-state index contributed by atoms with van der Waals surface area (Å²) in [7, 11) is 0. The topological polar surface area (TPSA) is 41.6 Å². The van der Waals surface area contributed by atoms with Crippen molar-refractivity contribution in [2.45, 2.75) is 12.8 Å². The molecule has 2 aromatic heterocycles. The maximum atomic E-state index is 5.68. The van der Waals surface area contributed by atoms with Gasteiger partial charge in [0.15, 0.2) is 5.65 Å². The summed E-state index contributed by atoms with van der Waals surface area (Å²) in [5.41, 5.74) is 2.81. The minimum Gasteiger partial charge on any atom is -0.280 e. The van der Waals surface area contributed by atoms with E-state index in [-0.39, 0.29) is 0 Å². The highest BCUT2D eigenvalue weighted by atomic mass is 35.5. The number of aromatic amines is 1. The monoisotopic (exact) mass is 181 g/mol. The predicted octanol–water partition coefficient (Wildman–Crippen LogP) is 2.01. The molecule has 0 atom stereocenters. The number of hydrogen-bond acceptors (Lipinski definition) is 2. The van der Waals surface area contributed by atoms with Crippen LogP contribution < -0.4 is 0 Å². The summed E-state index contributed by atoms with van der Waals surface area (Å²) >= 11 is 5.68. The van der Waals surface area contributed by atoms with Crippen LogP contribution >= 0.6 is 11.6 Å². The zero-order chi connectivity index (χ0) is 8.55. The molecule has 0 aliphatic heterocycles. The normalized spacial score (nSPS) is 10.8. The van der Waals surface area contributed by atoms with Crippen LogP contribution in [0.25, 0.3) is 11.0 Å². The van der Waals surface area contributed by atoms with E-state index < -0.39 is 0 Å². The van der Waals surface area contributed by atoms with Crippen molar-refractivity contribution in [1.82, 2.24) is 15.2 Å². The third kappa shape index (κ3) is 1.06. The van der Waals surface area contributed by atoms with E-state index in [0.29, 0.717) is 5.88 Å². The number of H-pyrrole nitrogens is 1. The van der Waals surface area contributed by atoms with Crippen molar-refractivity contribution >= 4 is 22.6 Å². The molecular formula is C8H8ClN3. The highest BCUT2D eigenvalue weighted by molar-refractivity contribution is 6.17. The highest BCUT2D eigenvalue weighted by Crippen LogP contribution is 2.15. The van der Waals surface area contributed by atoms with Crippen LogP contribution in [0.3, 0.4) is 0 Å². The van der Waals surface area contributed by atoms with Crippen LogP contribution in [-0.4, -0.2) is 15.2 Å². The second-order valence-electron chi connectivity index (χ2n) is 2.70. The molecule has 0 saturated carbocycles. The number of rotatable bonds is 1. The SMILES string of the molecule is Cc1[nH]nc2ncc(CCl)cc12. The van der Waals surface area contributed by atoms with Crippen molar-refractivity contribution in [2.24, 2.45) is 0 Å². The highest BCUT2D eigenvalue weighted by Gasteiger charge is 2.02. The number of aromatic nitrogens is 3. The van der Waals surface area contributed by atoms with Gasteiger partial charge in [0, 0.05) is 23.2 Å². The Morgan fingerprint density at radius 3 is 3.17 bits per heavy atom. The zero-order valence-corrected chi connectivity index (χ0v) is 7.39. The maximum absolute atomic E-state index is 5.68. The smallest absolute Gasteiger partial charge is 0.181 e. The van der Waals surface area contributed by atoms with Gasteiger partial charge in [-0.15, -0.1) is 11.6 Å². The number of pyridine rings is 1. The molecule has 0 amide bonds. The van der Waals surface area contributed by atoms with E-state index in [0.717, 1.165) is 22.3 Å². The summed E-state index contributed by atoms with van der Waals surface area (Å²) in [5, 5.41) is 7.94. The van der Waals surface area contributed by atoms with Crippen LogP contribution in [0, 0.1) is 6.92 Å². The Morgan fingerprint density at radius 2 is 2.42 bits per heavy atom. The molecule has 62 valence electrons. The number of nitrogens with one attached hydrogen (secondary N) is 1. The van der Waals surface area contributed by atoms with Crippen molar-refractivity contribution in [3.63, 3.8) is 0 Å². The molecule has 12 heavy (non-hydrogen) atoms. The fraction of sp³-hybridized carbons (Fsp3) is 0.250. The second-order valence-corrected chi connectivity index (χ2v) is 2.96. The minimum atomic E-state index is 0.494. The number of fused-ring (bicyclic) bond motifs is 1. The predicted molar refractivity (Wildman–Crippen MR) is 48.2 cm³/mol. The summed E-state index contributed by atoms with van der Waals surface area (Å²) in [6.07, 6.45) is 1.75. The summed E-state index contributed by atoms with van der Waals surface area (Å²) in [6.45, 7) is 1.97. The van der Waals surface area contributed by atoms with Crippen molar-refractivity contribution < 1.29 is 0 Å². The van der Waals surface area contributed by atoms with Crippen LogP contribution in [0.2, 0.25) is 0 Å². The fourth-order valence-corrected chi connectivity index (χ4v) is 1.28. The lowest BCUT2D eigenvalue weighted by atomic mass is 10.2. The van der Waals surface area contributed by atoms with E-state index in [1.807, 2.05) is 13.0 Å². The lowest BCUT2D eigenvalue weighted by Gasteiger charge is -1.93. The van der Waals surface area contributed by atoms with Gasteiger partial charge in [-0.05, 0) is 18.6 Å². The first-order valence-corrected chi connectivity index (χ1v) is 4.20. The first-order chi connectivity index (χ1) is 5.81. The second kappa shape index (κ2) is 2.75. The van der Waals surface area contributed by atoms with E-state index in [1.165, 1.54) is 0 Å². The lowest BCUT2D eigenvalue weighted by molar-refractivity contribution is 1.05. The lowest BCUT2D eigenvalue weighted by Crippen LogP contribution is -1.81. The molecule has 2 rings (SSSR count). The van der Waals surface area contributed by atoms with Gasteiger partial charge in [-0.1, -0.05) is 0 Å². The number of halogens is 1. The van der Waals surface area contributed by atoms with E-state index in [1.54, 1.807) is 6.20 Å². The van der Waals surface area contributed by atoms with Gasteiger partial charge in [0.2, 0.25) is 0 Å². The molecule has 0 spiro atoms. The Hall–Kier alpha value is -1.09. The molecule has 0 saturated heterocycles. The molecule has 0 bridgehead atoms. The zero-order valence-electron chi connectivity index (χ0n) is 6.63. The van der Waals surface area contributed by atoms with E-state index in [4.69, 9.17) is 11.6 Å². The quantitative estimate of drug-likeness (QED) is 0.684.